The normalized spacial score (nSPS) is 0. The second-order valence-electron chi connectivity index (χ2n) is 0. The fourth-order valence-corrected chi connectivity index (χ4v) is 0. The Kier molecular flexibility index (Phi) is 491. The molecule has 0 aromatic carbocycles. The van der Waals surface area contributed by atoms with Crippen LogP contribution >= 0.6 is 0 Å². The first-order valence-electron chi connectivity index (χ1n) is 0. The Bertz CT molecular complexity index is 19.7. The molecule has 0 aromatic heterocycles. The molecular weight excluding hydrogens is 675 g/mol. The smallest absolute Gasteiger partial charge is 0 e. The van der Waals surface area contributed by atoms with Gasteiger partial charge in [-0.15, -0.1) is 0 Å². The van der Waals surface area contributed by atoms with Gasteiger partial charge in [-0.25, -0.2) is 0 Å². The molecular formula is H17AlBBiPbSiTeZn. The van der Waals surface area contributed by atoms with E-state index in [9.17, 15) is 0 Å². The maximum Gasteiger partial charge on any atom is 0 e. The zero-order valence-corrected chi connectivity index (χ0v) is 19.4. The van der Waals surface area contributed by atoms with E-state index in [2.05, 4.69) is 0 Å². The predicted molar refractivity (Wildman–Crippen MR) is 58.2 cm³/mol. The maximum absolute atomic E-state index is 0. The van der Waals surface area contributed by atoms with Crippen LogP contribution in [0.3, 0.4) is 0 Å². The Morgan fingerprint density at radius 2 is 1.00 bits per heavy atom. The molecule has 0 saturated heterocycles. The molecule has 0 aliphatic heterocycles. The van der Waals surface area contributed by atoms with Crippen molar-refractivity contribution in [2.24, 2.45) is 0 Å². The van der Waals surface area contributed by atoms with Gasteiger partial charge in [0, 0.05) is 19.5 Å². The van der Waals surface area contributed by atoms with Crippen molar-refractivity contribution in [2.45, 2.75) is 0 Å². The molecule has 2 radical (unpaired) electrons. The molecule has 0 aliphatic rings. The number of hydrogen-bond acceptors (Lipinski definition) is 0. The fraction of sp³-hybridized carbons (Fsp3) is 0. The molecule has 0 aromatic rings. The first kappa shape index (κ1) is 68.3. The molecule has 7 heteroatoms. The van der Waals surface area contributed by atoms with E-state index in [1.165, 1.54) is 0 Å². The van der Waals surface area contributed by atoms with Crippen molar-refractivity contribution in [3.63, 3.8) is 0 Å². The molecule has 0 fully saturated rings. The van der Waals surface area contributed by atoms with Crippen molar-refractivity contribution in [3.05, 3.63) is 0 Å². The van der Waals surface area contributed by atoms with Gasteiger partial charge >= 0.3 is 77.2 Å². The SMILES string of the molecule is B.[AlH3].[BiH3].[PbH2].[SiH4].[TeH2].[Zn]. The quantitative estimate of drug-likeness (QED) is 0.222. The van der Waals surface area contributed by atoms with E-state index in [1.807, 2.05) is 0 Å². The van der Waals surface area contributed by atoms with Gasteiger partial charge in [0.15, 0.2) is 17.4 Å². The zero-order valence-electron chi connectivity index (χ0n) is 2.62. The number of hydrogen-bond donors (Lipinski definition) is 0. The summed E-state index contributed by atoms with van der Waals surface area (Å²) in [5.41, 5.74) is 0. The van der Waals surface area contributed by atoms with Gasteiger partial charge < -0.3 is 0 Å². The van der Waals surface area contributed by atoms with Crippen molar-refractivity contribution in [1.82, 2.24) is 0 Å². The van der Waals surface area contributed by atoms with Crippen molar-refractivity contribution in [3.8, 4) is 0 Å². The molecule has 0 amide bonds. The summed E-state index contributed by atoms with van der Waals surface area (Å²) < 4.78 is 0. The summed E-state index contributed by atoms with van der Waals surface area (Å²) in [6.07, 6.45) is 0. The van der Waals surface area contributed by atoms with Crippen LogP contribution in [0.4, 0.5) is 0 Å². The monoisotopic (exact) mass is 694 g/mol. The molecule has 0 spiro atoms. The summed E-state index contributed by atoms with van der Waals surface area (Å²) in [7, 11) is 0. The molecule has 0 nitrogen and oxygen atoms in total. The van der Waals surface area contributed by atoms with Crippen LogP contribution in [0, 0.1) is 0 Å². The van der Waals surface area contributed by atoms with E-state index < -0.39 is 0 Å². The van der Waals surface area contributed by atoms with Crippen LogP contribution in [0.2, 0.25) is 0 Å². The maximum atomic E-state index is 0. The van der Waals surface area contributed by atoms with Gasteiger partial charge in [-0.2, -0.15) is 0 Å². The van der Waals surface area contributed by atoms with Crippen LogP contribution in [0.1, 0.15) is 0 Å². The molecule has 0 saturated carbocycles. The average Bonchev–Trinajstić information content (AvgIpc) is 0. The van der Waals surface area contributed by atoms with Gasteiger partial charge in [-0.05, 0) is 11.0 Å². The summed E-state index contributed by atoms with van der Waals surface area (Å²) in [4.78, 5) is 0. The van der Waals surface area contributed by atoms with Crippen LogP contribution in [0.15, 0.2) is 0 Å². The molecule has 0 aliphatic carbocycles. The van der Waals surface area contributed by atoms with Gasteiger partial charge in [-0.3, -0.25) is 0 Å². The Balaban J connectivity index is 0. The standard InChI is InChI=1S/Al.BH3.Bi.Pb.H4Si.H2Te.Zn.8H/h;1H3;;;1H4;1H2;;;;;;;;;. The largest absolute Gasteiger partial charge is 0 e. The second-order valence-corrected chi connectivity index (χ2v) is 0. The summed E-state index contributed by atoms with van der Waals surface area (Å²) in [6.45, 7) is 0. The van der Waals surface area contributed by atoms with Gasteiger partial charge in [-0.1, -0.05) is 0 Å². The Morgan fingerprint density at radius 3 is 1.00 bits per heavy atom. The van der Waals surface area contributed by atoms with Crippen LogP contribution in [-0.4, -0.2) is 114 Å². The number of rotatable bonds is 0. The van der Waals surface area contributed by atoms with Gasteiger partial charge in [0.05, 0.1) is 8.41 Å². The molecule has 0 heterocycles. The second kappa shape index (κ2) is 50.3. The van der Waals surface area contributed by atoms with Gasteiger partial charge in [0.25, 0.3) is 0 Å². The van der Waals surface area contributed by atoms with E-state index >= 15 is 0 Å². The Labute approximate surface area is 131 Å². The van der Waals surface area contributed by atoms with Gasteiger partial charge in [0.2, 0.25) is 0 Å². The van der Waals surface area contributed by atoms with Crippen molar-refractivity contribution < 1.29 is 19.5 Å². The molecule has 0 unspecified atom stereocenters. The van der Waals surface area contributed by atoms with Crippen LogP contribution in [0.25, 0.3) is 0 Å². The zero-order chi connectivity index (χ0) is 0. The van der Waals surface area contributed by atoms with Crippen molar-refractivity contribution in [2.75, 3.05) is 0 Å². The minimum Gasteiger partial charge on any atom is 0 e. The minimum atomic E-state index is 0. The summed E-state index contributed by atoms with van der Waals surface area (Å²) in [6, 6.07) is 0. The van der Waals surface area contributed by atoms with Crippen molar-refractivity contribution >= 4 is 114 Å². The minimum absolute atomic E-state index is 0. The molecule has 0 bridgehead atoms. The fourth-order valence-electron chi connectivity index (χ4n) is 0. The topological polar surface area (TPSA) is 0 Å². The Hall–Kier alpha value is 4.03. The third-order valence-electron chi connectivity index (χ3n) is 0. The van der Waals surface area contributed by atoms with E-state index in [1.54, 1.807) is 0 Å². The first-order valence-corrected chi connectivity index (χ1v) is 0. The first-order chi connectivity index (χ1) is 0. The van der Waals surface area contributed by atoms with Gasteiger partial charge in [0.1, 0.15) is 0 Å². The van der Waals surface area contributed by atoms with E-state index in [-0.39, 0.29) is 133 Å². The van der Waals surface area contributed by atoms with E-state index in [0.717, 1.165) is 0 Å². The molecule has 44 valence electrons. The van der Waals surface area contributed by atoms with Crippen molar-refractivity contribution in [1.29, 1.82) is 0 Å². The van der Waals surface area contributed by atoms with E-state index in [0.29, 0.717) is 0 Å². The van der Waals surface area contributed by atoms with Crippen LogP contribution < -0.4 is 0 Å². The molecule has 0 N–H and O–H groups in total. The average molecular weight is 692 g/mol. The molecule has 0 rings (SSSR count). The molecule has 7 heavy (non-hydrogen) atoms. The predicted octanol–water partition coefficient (Wildman–Crippen LogP) is -6.84. The third-order valence-corrected chi connectivity index (χ3v) is 0. The summed E-state index contributed by atoms with van der Waals surface area (Å²) >= 11 is 0. The van der Waals surface area contributed by atoms with E-state index in [4.69, 9.17) is 0 Å². The third kappa shape index (κ3) is 39.8. The Morgan fingerprint density at radius 1 is 1.00 bits per heavy atom. The molecule has 0 atom stereocenters. The van der Waals surface area contributed by atoms with Crippen LogP contribution in [0.5, 0.6) is 0 Å². The summed E-state index contributed by atoms with van der Waals surface area (Å²) in [5, 5.41) is 0. The van der Waals surface area contributed by atoms with Crippen LogP contribution in [-0.2, 0) is 19.5 Å². The summed E-state index contributed by atoms with van der Waals surface area (Å²) in [5.74, 6) is 0.